The van der Waals surface area contributed by atoms with E-state index in [0.717, 1.165) is 51.4 Å². The van der Waals surface area contributed by atoms with Gasteiger partial charge in [0.15, 0.2) is 4.90 Å². The molecule has 1 unspecified atom stereocenters. The van der Waals surface area contributed by atoms with Crippen molar-refractivity contribution >= 4 is 63.7 Å². The van der Waals surface area contributed by atoms with Crippen LogP contribution in [-0.2, 0) is 31.4 Å². The van der Waals surface area contributed by atoms with Gasteiger partial charge in [0.25, 0.3) is 0 Å². The Labute approximate surface area is 316 Å². The van der Waals surface area contributed by atoms with Gasteiger partial charge >= 0.3 is 0 Å². The molecule has 4 aromatic carbocycles. The van der Waals surface area contributed by atoms with Gasteiger partial charge in [-0.3, -0.25) is 0 Å². The summed E-state index contributed by atoms with van der Waals surface area (Å²) in [6.45, 7) is 15.0. The van der Waals surface area contributed by atoms with Crippen molar-refractivity contribution < 1.29 is 26.5 Å². The van der Waals surface area contributed by atoms with Crippen molar-refractivity contribution in [2.24, 2.45) is 0 Å². The molecule has 290 valence electrons. The van der Waals surface area contributed by atoms with E-state index in [1.807, 2.05) is 32.0 Å². The Morgan fingerprint density at radius 1 is 0.538 bits per heavy atom. The number of rotatable bonds is 24. The molecule has 0 saturated heterocycles. The van der Waals surface area contributed by atoms with Crippen LogP contribution in [0.25, 0.3) is 32.3 Å². The number of hydrogen-bond acceptors (Lipinski definition) is 7. The van der Waals surface area contributed by atoms with E-state index >= 15 is 0 Å². The average Bonchev–Trinajstić information content (AvgIpc) is 3.13. The molecule has 4 aromatic rings. The fourth-order valence-electron chi connectivity index (χ4n) is 6.86. The number of phenols is 1. The number of nitrogens with zero attached hydrogens (tertiary/aromatic N) is 3. The Morgan fingerprint density at radius 2 is 0.885 bits per heavy atom. The molecular weight excluding hydrogens is 715 g/mol. The monoisotopic (exact) mass is 775 g/mol. The summed E-state index contributed by atoms with van der Waals surface area (Å²) in [7, 11) is -8.12. The van der Waals surface area contributed by atoms with E-state index in [9.17, 15) is 26.5 Å². The van der Waals surface area contributed by atoms with Gasteiger partial charge in [0.05, 0.1) is 21.2 Å². The molecule has 0 saturated carbocycles. The Kier molecular flexibility index (Phi) is 15.9. The highest BCUT2D eigenvalue weighted by molar-refractivity contribution is 7.90. The lowest BCUT2D eigenvalue weighted by Gasteiger charge is -2.28. The molecule has 0 fully saturated rings. The van der Waals surface area contributed by atoms with Gasteiger partial charge in [0.1, 0.15) is 5.75 Å². The van der Waals surface area contributed by atoms with Gasteiger partial charge < -0.3 is 9.66 Å². The third-order valence-corrected chi connectivity index (χ3v) is 15.4. The van der Waals surface area contributed by atoms with Crippen LogP contribution in [0.2, 0.25) is 0 Å². The van der Waals surface area contributed by atoms with E-state index in [-0.39, 0.29) is 15.5 Å². The number of phenolic OH excluding ortho intramolecular Hbond substituents is 1. The predicted octanol–water partition coefficient (Wildman–Crippen LogP) is 9.40. The first-order valence-corrected chi connectivity index (χ1v) is 23.6. The number of benzene rings is 4. The molecule has 0 heterocycles. The summed E-state index contributed by atoms with van der Waals surface area (Å²) in [4.78, 5) is 0.449. The van der Waals surface area contributed by atoms with Crippen molar-refractivity contribution in [1.29, 1.82) is 0 Å². The molecule has 4 rings (SSSR count). The zero-order valence-electron chi connectivity index (χ0n) is 32.2. The van der Waals surface area contributed by atoms with Crippen LogP contribution in [0.15, 0.2) is 51.1 Å². The summed E-state index contributed by atoms with van der Waals surface area (Å²) in [5.41, 5.74) is 0. The van der Waals surface area contributed by atoms with Gasteiger partial charge in [-0.05, 0) is 50.7 Å². The highest BCUT2D eigenvalue weighted by Crippen LogP contribution is 2.46. The van der Waals surface area contributed by atoms with Crippen molar-refractivity contribution in [2.75, 3.05) is 39.3 Å². The van der Waals surface area contributed by atoms with E-state index in [1.165, 1.54) is 10.4 Å². The van der Waals surface area contributed by atoms with E-state index < -0.39 is 31.4 Å². The molecule has 0 aliphatic carbocycles. The zero-order valence-corrected chi connectivity index (χ0v) is 34.7. The van der Waals surface area contributed by atoms with E-state index in [0.29, 0.717) is 102 Å². The number of unbranched alkanes of at least 4 members (excludes halogenated alkanes) is 6. The summed E-state index contributed by atoms with van der Waals surface area (Å²) < 4.78 is 78.4. The first-order valence-electron chi connectivity index (χ1n) is 19.6. The minimum Gasteiger partial charge on any atom is -0.593 e. The maximum absolute atomic E-state index is 14.8. The highest BCUT2D eigenvalue weighted by Gasteiger charge is 2.35. The quantitative estimate of drug-likeness (QED) is 0.0556. The van der Waals surface area contributed by atoms with Crippen molar-refractivity contribution in [3.05, 3.63) is 36.4 Å². The zero-order chi connectivity index (χ0) is 38.1. The molecular formula is C40H61N3O6S3. The van der Waals surface area contributed by atoms with Crippen LogP contribution in [0.4, 0.5) is 0 Å². The normalized spacial score (nSPS) is 13.6. The summed E-state index contributed by atoms with van der Waals surface area (Å²) in [5.74, 6) is -0.192. The Balaban J connectivity index is 2.13. The molecule has 0 aromatic heterocycles. The predicted molar refractivity (Wildman–Crippen MR) is 217 cm³/mol. The molecule has 0 aliphatic rings. The van der Waals surface area contributed by atoms with Crippen LogP contribution in [0.1, 0.15) is 119 Å². The van der Waals surface area contributed by atoms with Gasteiger partial charge in [0.2, 0.25) is 20.0 Å². The first kappa shape index (κ1) is 42.6. The van der Waals surface area contributed by atoms with Gasteiger partial charge in [-0.25, -0.2) is 16.8 Å². The highest BCUT2D eigenvalue weighted by atomic mass is 32.2. The van der Waals surface area contributed by atoms with Crippen LogP contribution in [-0.4, -0.2) is 78.7 Å². The Bertz CT molecular complexity index is 1940. The van der Waals surface area contributed by atoms with Gasteiger partial charge in [-0.1, -0.05) is 92.2 Å². The molecule has 9 nitrogen and oxygen atoms in total. The van der Waals surface area contributed by atoms with Crippen molar-refractivity contribution in [3.8, 4) is 5.75 Å². The fourth-order valence-corrected chi connectivity index (χ4v) is 11.8. The van der Waals surface area contributed by atoms with Crippen molar-refractivity contribution in [1.82, 2.24) is 12.9 Å². The summed E-state index contributed by atoms with van der Waals surface area (Å²) >= 11 is -1.71. The second-order valence-corrected chi connectivity index (χ2v) is 19.2. The summed E-state index contributed by atoms with van der Waals surface area (Å²) in [6, 6.07) is 9.91. The molecule has 1 atom stereocenters. The van der Waals surface area contributed by atoms with E-state index in [4.69, 9.17) is 0 Å². The molecule has 0 radical (unpaired) electrons. The Morgan fingerprint density at radius 3 is 1.31 bits per heavy atom. The molecule has 0 amide bonds. The minimum absolute atomic E-state index is 0.00456. The molecule has 12 heteroatoms. The van der Waals surface area contributed by atoms with E-state index in [1.54, 1.807) is 34.6 Å². The molecule has 52 heavy (non-hydrogen) atoms. The van der Waals surface area contributed by atoms with Crippen LogP contribution in [0.3, 0.4) is 0 Å². The average molecular weight is 776 g/mol. The molecule has 0 aliphatic heterocycles. The van der Waals surface area contributed by atoms with Crippen LogP contribution in [0, 0.1) is 0 Å². The Hall–Kier alpha value is -2.19. The standard InChI is InChI=1S/C40H61N3O6S3/c1-7-13-23-41(24-14-8-2)50(45)36-30-38(52(48,49)43(27-17-11-5)28-18-12-6)34-21-19-31-35(44)29-37(33-22-20-32(36)40(34)39(31)33)51(46,47)42(25-15-9-3)26-16-10-4/h19-22,29-30,44H,7-18,23-28H2,1-6H3. The van der Waals surface area contributed by atoms with Crippen molar-refractivity contribution in [2.45, 2.75) is 133 Å². The van der Waals surface area contributed by atoms with Crippen molar-refractivity contribution in [3.63, 3.8) is 0 Å². The summed E-state index contributed by atoms with van der Waals surface area (Å²) in [5, 5.41) is 14.4. The molecule has 0 spiro atoms. The first-order chi connectivity index (χ1) is 24.9. The molecule has 0 bridgehead atoms. The second-order valence-electron chi connectivity index (χ2n) is 13.9. The number of hydrogen-bond donors (Lipinski definition) is 1. The SMILES string of the molecule is CCCCN(CCCC)[S+]([O-])c1cc(S(=O)(=O)N(CCCC)CCCC)c2ccc3c(O)cc(S(=O)(=O)N(CCCC)CCCC)c4ccc1c2c34. The third kappa shape index (κ3) is 9.01. The second kappa shape index (κ2) is 19.4. The fraction of sp³-hybridized carbons (Fsp3) is 0.600. The lowest BCUT2D eigenvalue weighted by atomic mass is 9.94. The maximum Gasteiger partial charge on any atom is 0.243 e. The third-order valence-electron chi connectivity index (χ3n) is 9.99. The topological polar surface area (TPSA) is 121 Å². The largest absolute Gasteiger partial charge is 0.593 e. The van der Waals surface area contributed by atoms with Crippen LogP contribution >= 0.6 is 0 Å². The lowest BCUT2D eigenvalue weighted by molar-refractivity contribution is 0.394. The maximum atomic E-state index is 14.8. The van der Waals surface area contributed by atoms with Gasteiger partial charge in [0, 0.05) is 83.7 Å². The van der Waals surface area contributed by atoms with Gasteiger partial charge in [-0.15, -0.1) is 4.31 Å². The van der Waals surface area contributed by atoms with E-state index in [2.05, 4.69) is 13.8 Å². The van der Waals surface area contributed by atoms with Gasteiger partial charge in [-0.2, -0.15) is 8.61 Å². The molecule has 1 N–H and O–H groups in total. The lowest BCUT2D eigenvalue weighted by Crippen LogP contribution is -2.35. The number of aromatic hydroxyl groups is 1. The number of sulfonamides is 2. The minimum atomic E-state index is -4.08. The van der Waals surface area contributed by atoms with Crippen LogP contribution in [0.5, 0.6) is 5.75 Å². The smallest absolute Gasteiger partial charge is 0.243 e. The van der Waals surface area contributed by atoms with Crippen LogP contribution < -0.4 is 0 Å². The summed E-state index contributed by atoms with van der Waals surface area (Å²) in [6.07, 6.45) is 9.68.